The number of rotatable bonds is 18. The number of amides is 6. The number of carbonyl (C=O) groups is 7. The molecule has 6 heterocycles. The SMILES string of the molecule is CC(=O)c1cc(C(=O)Nc2cc(CO)cc(-c3cnn(C)c3)c2F)c2cc(OC3CCN(C(=O)CCOCCOCCNc4cccc5c4C(=O)N(C4CCC(=O)NC4=O)C5=O)CC3)ccn12. The number of aromatic nitrogens is 3. The number of fused-ring (bicyclic) bond motifs is 2. The Morgan fingerprint density at radius 2 is 1.70 bits per heavy atom. The van der Waals surface area contributed by atoms with Gasteiger partial charge in [0.05, 0.1) is 79.2 Å². The van der Waals surface area contributed by atoms with Crippen molar-refractivity contribution in [2.24, 2.45) is 7.05 Å². The predicted molar refractivity (Wildman–Crippen MR) is 238 cm³/mol. The number of nitrogens with zero attached hydrogens (tertiary/aromatic N) is 5. The number of hydrogen-bond donors (Lipinski definition) is 4. The van der Waals surface area contributed by atoms with Crippen LogP contribution in [0.3, 0.4) is 0 Å². The average molecular weight is 921 g/mol. The highest BCUT2D eigenvalue weighted by Gasteiger charge is 2.45. The zero-order chi connectivity index (χ0) is 47.4. The molecule has 2 saturated heterocycles. The summed E-state index contributed by atoms with van der Waals surface area (Å²) >= 11 is 0. The molecule has 67 heavy (non-hydrogen) atoms. The van der Waals surface area contributed by atoms with Gasteiger partial charge in [0.2, 0.25) is 17.7 Å². The Labute approximate surface area is 383 Å². The molecule has 3 aliphatic heterocycles. The molecule has 2 aromatic carbocycles. The van der Waals surface area contributed by atoms with Gasteiger partial charge in [-0.1, -0.05) is 6.07 Å². The Hall–Kier alpha value is -7.29. The van der Waals surface area contributed by atoms with Crippen molar-refractivity contribution in [3.05, 3.63) is 101 Å². The van der Waals surface area contributed by atoms with Crippen molar-refractivity contribution in [2.45, 2.75) is 57.8 Å². The molecule has 2 fully saturated rings. The van der Waals surface area contributed by atoms with Crippen molar-refractivity contribution in [1.82, 2.24) is 29.3 Å². The van der Waals surface area contributed by atoms with Gasteiger partial charge >= 0.3 is 0 Å². The highest BCUT2D eigenvalue weighted by molar-refractivity contribution is 6.25. The maximum absolute atomic E-state index is 15.8. The Balaban J connectivity index is 0.767. The molecule has 0 radical (unpaired) electrons. The third-order valence-corrected chi connectivity index (χ3v) is 11.9. The summed E-state index contributed by atoms with van der Waals surface area (Å²) in [5.41, 5.74) is 2.36. The van der Waals surface area contributed by atoms with Gasteiger partial charge in [0, 0.05) is 88.1 Å². The molecule has 0 spiro atoms. The molecule has 1 unspecified atom stereocenters. The van der Waals surface area contributed by atoms with Gasteiger partial charge in [0.1, 0.15) is 17.9 Å². The predicted octanol–water partition coefficient (Wildman–Crippen LogP) is 3.73. The molecule has 0 bridgehead atoms. The van der Waals surface area contributed by atoms with Crippen LogP contribution in [-0.4, -0.2) is 129 Å². The molecule has 5 aromatic rings. The normalized spacial score (nSPS) is 16.4. The van der Waals surface area contributed by atoms with E-state index in [1.165, 1.54) is 42.1 Å². The monoisotopic (exact) mass is 920 g/mol. The van der Waals surface area contributed by atoms with E-state index >= 15 is 4.39 Å². The fourth-order valence-electron chi connectivity index (χ4n) is 8.51. The average Bonchev–Trinajstić information content (AvgIpc) is 4.00. The van der Waals surface area contributed by atoms with Gasteiger partial charge < -0.3 is 39.3 Å². The van der Waals surface area contributed by atoms with E-state index in [2.05, 4.69) is 21.0 Å². The van der Waals surface area contributed by atoms with Crippen molar-refractivity contribution in [3.8, 4) is 16.9 Å². The third-order valence-electron chi connectivity index (χ3n) is 11.9. The molecule has 19 nitrogen and oxygen atoms in total. The number of aryl methyl sites for hydroxylation is 1. The third kappa shape index (κ3) is 9.96. The van der Waals surface area contributed by atoms with E-state index in [1.807, 2.05) is 0 Å². The van der Waals surface area contributed by atoms with E-state index in [9.17, 15) is 38.7 Å². The Bertz CT molecular complexity index is 2780. The molecule has 1 atom stereocenters. The van der Waals surface area contributed by atoms with Crippen molar-refractivity contribution in [1.29, 1.82) is 0 Å². The van der Waals surface area contributed by atoms with Crippen LogP contribution in [-0.2, 0) is 37.5 Å². The lowest BCUT2D eigenvalue weighted by atomic mass is 10.0. The number of anilines is 2. The molecular formula is C47H49FN8O11. The number of nitrogens with one attached hydrogen (secondary N) is 3. The molecule has 3 aliphatic rings. The van der Waals surface area contributed by atoms with Crippen molar-refractivity contribution < 1.29 is 57.3 Å². The van der Waals surface area contributed by atoms with E-state index in [0.717, 1.165) is 4.90 Å². The van der Waals surface area contributed by atoms with E-state index in [0.29, 0.717) is 60.6 Å². The summed E-state index contributed by atoms with van der Waals surface area (Å²) in [6.07, 6.45) is 5.91. The smallest absolute Gasteiger partial charge is 0.264 e. The number of ether oxygens (including phenoxy) is 3. The number of ketones is 1. The van der Waals surface area contributed by atoms with Crippen LogP contribution in [0.4, 0.5) is 15.8 Å². The topological polar surface area (TPSA) is 232 Å². The van der Waals surface area contributed by atoms with Crippen LogP contribution < -0.4 is 20.7 Å². The lowest BCUT2D eigenvalue weighted by molar-refractivity contribution is -0.136. The first-order valence-corrected chi connectivity index (χ1v) is 21.9. The number of aliphatic hydroxyl groups is 1. The van der Waals surface area contributed by atoms with E-state index in [4.69, 9.17) is 14.2 Å². The fourth-order valence-corrected chi connectivity index (χ4v) is 8.51. The molecule has 3 aromatic heterocycles. The molecule has 0 saturated carbocycles. The molecule has 4 N–H and O–H groups in total. The molecular weight excluding hydrogens is 872 g/mol. The summed E-state index contributed by atoms with van der Waals surface area (Å²) in [6.45, 7) is 3.21. The summed E-state index contributed by atoms with van der Waals surface area (Å²) in [6, 6.07) is 11.4. The van der Waals surface area contributed by atoms with Crippen LogP contribution >= 0.6 is 0 Å². The molecule has 20 heteroatoms. The number of aliphatic hydroxyl groups excluding tert-OH is 1. The summed E-state index contributed by atoms with van der Waals surface area (Å²) in [4.78, 5) is 92.4. The van der Waals surface area contributed by atoms with Crippen molar-refractivity contribution in [3.63, 3.8) is 0 Å². The molecule has 6 amide bonds. The maximum atomic E-state index is 15.8. The number of benzene rings is 2. The van der Waals surface area contributed by atoms with Crippen LogP contribution in [0.1, 0.15) is 86.2 Å². The van der Waals surface area contributed by atoms with E-state index in [-0.39, 0.29) is 97.1 Å². The second-order valence-corrected chi connectivity index (χ2v) is 16.4. The number of pyridine rings is 1. The second-order valence-electron chi connectivity index (χ2n) is 16.4. The number of imide groups is 2. The first-order valence-electron chi connectivity index (χ1n) is 21.9. The van der Waals surface area contributed by atoms with Gasteiger partial charge in [-0.2, -0.15) is 5.10 Å². The number of carbonyl (C=O) groups excluding carboxylic acids is 7. The van der Waals surface area contributed by atoms with Gasteiger partial charge in [-0.3, -0.25) is 48.5 Å². The minimum absolute atomic E-state index is 0.0336. The van der Waals surface area contributed by atoms with Crippen LogP contribution in [0.2, 0.25) is 0 Å². The number of halogens is 1. The second kappa shape index (κ2) is 20.1. The lowest BCUT2D eigenvalue weighted by Crippen LogP contribution is -2.54. The van der Waals surface area contributed by atoms with Crippen LogP contribution in [0, 0.1) is 5.82 Å². The van der Waals surface area contributed by atoms with E-state index in [1.54, 1.807) is 53.0 Å². The number of likely N-dealkylation sites (tertiary alicyclic amines) is 1. The minimum atomic E-state index is -1.05. The van der Waals surface area contributed by atoms with Crippen molar-refractivity contribution in [2.75, 3.05) is 56.7 Å². The highest BCUT2D eigenvalue weighted by atomic mass is 19.1. The standard InChI is InChI=1S/C47H49FN8O11/c1-27(58)38-23-34(44(61)51-36-21-28(26-57)20-33(43(36)48)29-24-50-53(2)25-29)39-22-31(10-15-55(38)39)67-30-8-13-54(14-9-30)41(60)11-16-65-18-19-66-17-12-49-35-5-3-4-32-42(35)47(64)56(46(32)63)37-6-7-40(59)52-45(37)62/h3-5,10,15,20-25,30,37,49,57H,6-9,11-14,16-19,26H2,1-2H3,(H,51,61)(H,52,59,62). The number of hydrogen-bond acceptors (Lipinski definition) is 13. The summed E-state index contributed by atoms with van der Waals surface area (Å²) in [7, 11) is 1.69. The van der Waals surface area contributed by atoms with Gasteiger partial charge in [-0.05, 0) is 48.4 Å². The quantitative estimate of drug-likeness (QED) is 0.0559. The van der Waals surface area contributed by atoms with Crippen LogP contribution in [0.25, 0.3) is 16.6 Å². The van der Waals surface area contributed by atoms with Crippen LogP contribution in [0.5, 0.6) is 5.75 Å². The van der Waals surface area contributed by atoms with Gasteiger partial charge in [0.25, 0.3) is 17.7 Å². The summed E-state index contributed by atoms with van der Waals surface area (Å²) in [5, 5.41) is 21.9. The lowest BCUT2D eigenvalue weighted by Gasteiger charge is -2.32. The molecule has 8 rings (SSSR count). The number of piperidine rings is 2. The first kappa shape index (κ1) is 46.2. The highest BCUT2D eigenvalue weighted by Crippen LogP contribution is 2.34. The summed E-state index contributed by atoms with van der Waals surface area (Å²) < 4.78 is 36.5. The van der Waals surface area contributed by atoms with Gasteiger partial charge in [0.15, 0.2) is 11.6 Å². The Morgan fingerprint density at radius 3 is 2.42 bits per heavy atom. The molecule has 0 aliphatic carbocycles. The zero-order valence-electron chi connectivity index (χ0n) is 36.8. The minimum Gasteiger partial charge on any atom is -0.490 e. The number of Topliss-reactive ketones (excluding diaryl/α,β-unsaturated/α-hetero) is 1. The Kier molecular flexibility index (Phi) is 13.9. The first-order chi connectivity index (χ1) is 32.3. The van der Waals surface area contributed by atoms with Gasteiger partial charge in [-0.25, -0.2) is 4.39 Å². The zero-order valence-corrected chi connectivity index (χ0v) is 36.8. The van der Waals surface area contributed by atoms with Crippen LogP contribution in [0.15, 0.2) is 67.1 Å². The molecule has 350 valence electrons. The Morgan fingerprint density at radius 1 is 0.925 bits per heavy atom. The van der Waals surface area contributed by atoms with Gasteiger partial charge in [-0.15, -0.1) is 0 Å². The van der Waals surface area contributed by atoms with Crippen molar-refractivity contribution >= 4 is 58.1 Å². The largest absolute Gasteiger partial charge is 0.490 e. The van der Waals surface area contributed by atoms with E-state index < -0.39 is 48.0 Å². The fraction of sp³-hybridized carbons (Fsp3) is 0.362. The summed E-state index contributed by atoms with van der Waals surface area (Å²) in [5.74, 6) is -3.57. The maximum Gasteiger partial charge on any atom is 0.264 e.